The van der Waals surface area contributed by atoms with E-state index < -0.39 is 0 Å². The quantitative estimate of drug-likeness (QED) is 0.167. The number of aromatic nitrogens is 4. The van der Waals surface area contributed by atoms with Gasteiger partial charge in [0.2, 0.25) is 0 Å². The Kier molecular flexibility index (Phi) is 6.86. The largest absolute Gasteiger partial charge is 0.409 e. The molecule has 4 rings (SSSR count). The molecule has 4 aromatic rings. The van der Waals surface area contributed by atoms with Crippen LogP contribution in [0.25, 0.3) is 22.5 Å². The summed E-state index contributed by atoms with van der Waals surface area (Å²) in [5.41, 5.74) is 9.20. The molecule has 0 saturated carbocycles. The van der Waals surface area contributed by atoms with Crippen LogP contribution in [0.1, 0.15) is 11.1 Å². The summed E-state index contributed by atoms with van der Waals surface area (Å²) in [5, 5.41) is 32.5. The van der Waals surface area contributed by atoms with E-state index in [0.717, 1.165) is 11.1 Å². The van der Waals surface area contributed by atoms with Crippen molar-refractivity contribution in [3.63, 3.8) is 0 Å². The fourth-order valence-corrected chi connectivity index (χ4v) is 2.60. The Balaban J connectivity index is 0.000000182. The summed E-state index contributed by atoms with van der Waals surface area (Å²) >= 11 is 0. The Morgan fingerprint density at radius 3 is 1.66 bits per heavy atom. The molecule has 0 fully saturated rings. The lowest BCUT2D eigenvalue weighted by molar-refractivity contribution is 0.318. The van der Waals surface area contributed by atoms with E-state index in [1.807, 2.05) is 6.07 Å². The van der Waals surface area contributed by atoms with Gasteiger partial charge in [0.05, 0.1) is 23.0 Å². The average Bonchev–Trinajstić information content (AvgIpc) is 2.85. The van der Waals surface area contributed by atoms with Crippen LogP contribution in [0.2, 0.25) is 0 Å². The second kappa shape index (κ2) is 10.1. The fourth-order valence-electron chi connectivity index (χ4n) is 2.60. The number of aromatic amines is 2. The molecule has 2 heterocycles. The number of rotatable bonds is 3. The highest BCUT2D eigenvalue weighted by atomic mass is 16.4. The molecule has 0 saturated heterocycles. The van der Waals surface area contributed by atoms with E-state index >= 15 is 0 Å². The average molecular weight is 427 g/mol. The molecule has 10 nitrogen and oxygen atoms in total. The molecule has 0 radical (unpaired) electrons. The molecule has 32 heavy (non-hydrogen) atoms. The van der Waals surface area contributed by atoms with Crippen LogP contribution in [0.4, 0.5) is 0 Å². The first kappa shape index (κ1) is 21.7. The molecule has 5 N–H and O–H groups in total. The lowest BCUT2D eigenvalue weighted by atomic mass is 10.1. The first-order valence-electron chi connectivity index (χ1n) is 9.20. The molecular formula is C22H17N7O3. The van der Waals surface area contributed by atoms with Crippen molar-refractivity contribution in [3.8, 4) is 28.6 Å². The van der Waals surface area contributed by atoms with E-state index in [2.05, 4.69) is 25.6 Å². The van der Waals surface area contributed by atoms with Gasteiger partial charge in [0.1, 0.15) is 0 Å². The second-order valence-electron chi connectivity index (χ2n) is 6.36. The number of nitrogens with two attached hydrogens (primary N) is 1. The van der Waals surface area contributed by atoms with Crippen molar-refractivity contribution < 1.29 is 5.21 Å². The third-order valence-corrected chi connectivity index (χ3v) is 4.25. The molecule has 0 unspecified atom stereocenters. The lowest BCUT2D eigenvalue weighted by Crippen LogP contribution is -2.12. The van der Waals surface area contributed by atoms with Crippen molar-refractivity contribution >= 4 is 5.84 Å². The Bertz CT molecular complexity index is 1340. The van der Waals surface area contributed by atoms with Crippen LogP contribution in [0, 0.1) is 11.3 Å². The van der Waals surface area contributed by atoms with Gasteiger partial charge in [-0.05, 0) is 24.3 Å². The molecule has 0 bridgehead atoms. The van der Waals surface area contributed by atoms with Crippen LogP contribution in [-0.4, -0.2) is 31.4 Å². The van der Waals surface area contributed by atoms with Gasteiger partial charge in [0.15, 0.2) is 5.84 Å². The van der Waals surface area contributed by atoms with Gasteiger partial charge in [-0.1, -0.05) is 41.6 Å². The summed E-state index contributed by atoms with van der Waals surface area (Å²) in [4.78, 5) is 21.6. The first-order chi connectivity index (χ1) is 15.5. The molecule has 0 aliphatic carbocycles. The fraction of sp³-hybridized carbons (Fsp3) is 0. The van der Waals surface area contributed by atoms with Crippen molar-refractivity contribution in [2.75, 3.05) is 0 Å². The SMILES string of the molecule is N#Cc1ccc(-c2ccc(=O)[nH]n2)cc1.N/C(=N\O)c1ccc(-c2ccc(=O)[nH]n2)cc1. The highest BCUT2D eigenvalue weighted by molar-refractivity contribution is 5.97. The molecule has 158 valence electrons. The van der Waals surface area contributed by atoms with Crippen molar-refractivity contribution in [3.05, 3.63) is 105 Å². The Labute approximate surface area is 181 Å². The van der Waals surface area contributed by atoms with E-state index in [1.165, 1.54) is 12.1 Å². The van der Waals surface area contributed by atoms with Crippen molar-refractivity contribution in [2.45, 2.75) is 0 Å². The van der Waals surface area contributed by atoms with E-state index in [4.69, 9.17) is 16.2 Å². The monoisotopic (exact) mass is 427 g/mol. The second-order valence-corrected chi connectivity index (χ2v) is 6.36. The molecule has 0 spiro atoms. The van der Waals surface area contributed by atoms with E-state index in [9.17, 15) is 9.59 Å². The Morgan fingerprint density at radius 1 is 0.812 bits per heavy atom. The number of hydrogen-bond acceptors (Lipinski definition) is 7. The topological polar surface area (TPSA) is 174 Å². The van der Waals surface area contributed by atoms with Crippen LogP contribution >= 0.6 is 0 Å². The van der Waals surface area contributed by atoms with Gasteiger partial charge in [-0.25, -0.2) is 10.2 Å². The number of oxime groups is 1. The predicted molar refractivity (Wildman–Crippen MR) is 118 cm³/mol. The van der Waals surface area contributed by atoms with Gasteiger partial charge in [-0.3, -0.25) is 9.59 Å². The molecule has 2 aromatic heterocycles. The lowest BCUT2D eigenvalue weighted by Gasteiger charge is -2.01. The highest BCUT2D eigenvalue weighted by Gasteiger charge is 2.02. The maximum atomic E-state index is 10.9. The number of nitrogens with one attached hydrogen (secondary N) is 2. The zero-order valence-corrected chi connectivity index (χ0v) is 16.6. The molecule has 0 amide bonds. The van der Waals surface area contributed by atoms with Gasteiger partial charge < -0.3 is 10.9 Å². The van der Waals surface area contributed by atoms with Crippen molar-refractivity contribution in [1.29, 1.82) is 5.26 Å². The third kappa shape index (κ3) is 5.52. The maximum Gasteiger partial charge on any atom is 0.264 e. The van der Waals surface area contributed by atoms with Gasteiger partial charge in [-0.15, -0.1) is 0 Å². The van der Waals surface area contributed by atoms with Gasteiger partial charge in [0, 0.05) is 28.8 Å². The summed E-state index contributed by atoms with van der Waals surface area (Å²) in [6, 6.07) is 22.1. The minimum Gasteiger partial charge on any atom is -0.409 e. The molecule has 0 aliphatic heterocycles. The maximum absolute atomic E-state index is 10.9. The van der Waals surface area contributed by atoms with Crippen LogP contribution in [0.3, 0.4) is 0 Å². The summed E-state index contributed by atoms with van der Waals surface area (Å²) in [5.74, 6) is 0.0472. The third-order valence-electron chi connectivity index (χ3n) is 4.25. The first-order valence-corrected chi connectivity index (χ1v) is 9.20. The summed E-state index contributed by atoms with van der Waals surface area (Å²) < 4.78 is 0. The van der Waals surface area contributed by atoms with Crippen LogP contribution in [0.15, 0.2) is 87.5 Å². The summed E-state index contributed by atoms with van der Waals surface area (Å²) in [6.45, 7) is 0. The number of nitrogens with zero attached hydrogens (tertiary/aromatic N) is 4. The number of amidine groups is 1. The highest BCUT2D eigenvalue weighted by Crippen LogP contribution is 2.16. The minimum atomic E-state index is -0.248. The van der Waals surface area contributed by atoms with Gasteiger partial charge >= 0.3 is 0 Å². The normalized spacial score (nSPS) is 10.5. The standard InChI is InChI=1S/C11H10N4O2.C11H7N3O/c12-11(15-17)8-3-1-7(2-4-8)9-5-6-10(16)14-13-9;12-7-8-1-3-9(4-2-8)10-5-6-11(15)14-13-10/h1-6,17H,(H2,12,15)(H,14,16);1-6H,(H,14,15). The zero-order valence-electron chi connectivity index (χ0n) is 16.6. The van der Waals surface area contributed by atoms with Crippen molar-refractivity contribution in [2.24, 2.45) is 10.9 Å². The number of H-pyrrole nitrogens is 2. The molecule has 2 aromatic carbocycles. The Hall–Kier alpha value is -5.04. The van der Waals surface area contributed by atoms with Crippen LogP contribution < -0.4 is 16.9 Å². The predicted octanol–water partition coefficient (Wildman–Crippen LogP) is 1.84. The van der Waals surface area contributed by atoms with E-state index in [0.29, 0.717) is 22.5 Å². The summed E-state index contributed by atoms with van der Waals surface area (Å²) in [7, 11) is 0. The number of benzene rings is 2. The van der Waals surface area contributed by atoms with Crippen LogP contribution in [0.5, 0.6) is 0 Å². The number of hydrogen-bond donors (Lipinski definition) is 4. The molecule has 10 heteroatoms. The minimum absolute atomic E-state index is 0.0472. The van der Waals surface area contributed by atoms with Crippen LogP contribution in [-0.2, 0) is 0 Å². The molecular weight excluding hydrogens is 410 g/mol. The molecule has 0 aliphatic rings. The zero-order chi connectivity index (χ0) is 22.9. The van der Waals surface area contributed by atoms with Gasteiger partial charge in [-0.2, -0.15) is 15.5 Å². The van der Waals surface area contributed by atoms with Crippen molar-refractivity contribution in [1.82, 2.24) is 20.4 Å². The van der Waals surface area contributed by atoms with Gasteiger partial charge in [0.25, 0.3) is 11.1 Å². The number of nitriles is 1. The molecule has 0 atom stereocenters. The summed E-state index contributed by atoms with van der Waals surface area (Å²) in [6.07, 6.45) is 0. The Morgan fingerprint density at radius 2 is 1.28 bits per heavy atom. The smallest absolute Gasteiger partial charge is 0.264 e. The van der Waals surface area contributed by atoms with E-state index in [1.54, 1.807) is 60.7 Å². The van der Waals surface area contributed by atoms with E-state index in [-0.39, 0.29) is 17.0 Å².